The zero-order valence-corrected chi connectivity index (χ0v) is 18.3. The lowest BCUT2D eigenvalue weighted by molar-refractivity contribution is 0.0526. The van der Waals surface area contributed by atoms with Crippen LogP contribution in [0.3, 0.4) is 0 Å². The summed E-state index contributed by atoms with van der Waals surface area (Å²) in [5, 5.41) is 0. The van der Waals surface area contributed by atoms with Crippen LogP contribution in [0.25, 0.3) is 0 Å². The molecule has 2 aliphatic rings. The predicted octanol–water partition coefficient (Wildman–Crippen LogP) is 4.05. The Morgan fingerprint density at radius 2 is 1.94 bits per heavy atom. The molecule has 2 atom stereocenters. The van der Waals surface area contributed by atoms with Crippen LogP contribution in [-0.4, -0.2) is 38.5 Å². The molecule has 0 bridgehead atoms. The van der Waals surface area contributed by atoms with Gasteiger partial charge in [0.15, 0.2) is 0 Å². The Bertz CT molecular complexity index is 1160. The van der Waals surface area contributed by atoms with Gasteiger partial charge < -0.3 is 9.64 Å². The van der Waals surface area contributed by atoms with Gasteiger partial charge in [-0.2, -0.15) is 4.31 Å². The van der Waals surface area contributed by atoms with Gasteiger partial charge in [-0.3, -0.25) is 0 Å². The molecule has 31 heavy (non-hydrogen) atoms. The summed E-state index contributed by atoms with van der Waals surface area (Å²) in [6.45, 7) is 8.10. The van der Waals surface area contributed by atoms with Crippen LogP contribution in [0.4, 0.5) is 10.5 Å². The third kappa shape index (κ3) is 3.40. The Morgan fingerprint density at radius 3 is 2.58 bits per heavy atom. The van der Waals surface area contributed by atoms with Crippen molar-refractivity contribution in [3.05, 3.63) is 71.8 Å². The van der Waals surface area contributed by atoms with Crippen molar-refractivity contribution in [3.63, 3.8) is 0 Å². The number of fused-ring (bicyclic) bond motifs is 3. The minimum atomic E-state index is -4.15. The molecule has 2 heterocycles. The van der Waals surface area contributed by atoms with Gasteiger partial charge in [0.1, 0.15) is 0 Å². The number of amides is 2. The molecule has 2 unspecified atom stereocenters. The van der Waals surface area contributed by atoms with Crippen LogP contribution in [0.1, 0.15) is 40.9 Å². The summed E-state index contributed by atoms with van der Waals surface area (Å²) in [5.74, 6) is -0.529. The molecule has 162 valence electrons. The van der Waals surface area contributed by atoms with Crippen molar-refractivity contribution >= 4 is 27.7 Å². The third-order valence-electron chi connectivity index (χ3n) is 5.80. The standard InChI is InChI=1S/C23H24N2O5S/c1-4-16-12-13-24-21(16)19-14-17(22(26)30-5-2)8-11-20(19)25(23(24)27)31(28,29)18-9-6-15(3)7-10-18/h4,6-11,14,16,21H,1,5,12-13H2,2-3H3. The van der Waals surface area contributed by atoms with Crippen LogP contribution in [0, 0.1) is 12.8 Å². The topological polar surface area (TPSA) is 84.0 Å². The molecule has 1 fully saturated rings. The van der Waals surface area contributed by atoms with Crippen molar-refractivity contribution in [3.8, 4) is 0 Å². The van der Waals surface area contributed by atoms with Gasteiger partial charge in [0.05, 0.1) is 28.8 Å². The zero-order valence-electron chi connectivity index (χ0n) is 17.4. The van der Waals surface area contributed by atoms with E-state index in [0.717, 1.165) is 9.87 Å². The lowest BCUT2D eigenvalue weighted by Crippen LogP contribution is -2.50. The van der Waals surface area contributed by atoms with E-state index in [1.807, 2.05) is 6.92 Å². The monoisotopic (exact) mass is 440 g/mol. The summed E-state index contributed by atoms with van der Waals surface area (Å²) in [6.07, 6.45) is 2.45. The average molecular weight is 441 g/mol. The Hall–Kier alpha value is -3.13. The Labute approximate surface area is 182 Å². The van der Waals surface area contributed by atoms with Crippen molar-refractivity contribution < 1.29 is 22.7 Å². The maximum Gasteiger partial charge on any atom is 0.339 e. The molecule has 2 aromatic rings. The maximum atomic E-state index is 13.5. The fraction of sp³-hybridized carbons (Fsp3) is 0.304. The van der Waals surface area contributed by atoms with Crippen LogP contribution in [0.15, 0.2) is 60.0 Å². The first kappa shape index (κ1) is 21.1. The molecule has 0 aliphatic carbocycles. The first-order valence-electron chi connectivity index (χ1n) is 10.2. The second kappa shape index (κ2) is 7.85. The highest BCUT2D eigenvalue weighted by Crippen LogP contribution is 2.48. The van der Waals surface area contributed by atoms with Gasteiger partial charge in [-0.15, -0.1) is 6.58 Å². The van der Waals surface area contributed by atoms with Crippen LogP contribution < -0.4 is 4.31 Å². The number of esters is 1. The summed E-state index contributed by atoms with van der Waals surface area (Å²) in [4.78, 5) is 27.3. The molecule has 0 saturated carbocycles. The molecular formula is C23H24N2O5S. The molecular weight excluding hydrogens is 416 g/mol. The van der Waals surface area contributed by atoms with E-state index in [0.29, 0.717) is 24.1 Å². The number of nitrogens with zero attached hydrogens (tertiary/aromatic N) is 2. The van der Waals surface area contributed by atoms with Crippen LogP contribution in [0.5, 0.6) is 0 Å². The van der Waals surface area contributed by atoms with Crippen molar-refractivity contribution in [2.75, 3.05) is 17.5 Å². The summed E-state index contributed by atoms with van der Waals surface area (Å²) < 4.78 is 33.0. The number of sulfonamides is 1. The lowest BCUT2D eigenvalue weighted by Gasteiger charge is -2.39. The highest BCUT2D eigenvalue weighted by atomic mass is 32.2. The predicted molar refractivity (Wildman–Crippen MR) is 116 cm³/mol. The Morgan fingerprint density at radius 1 is 1.23 bits per heavy atom. The van der Waals surface area contributed by atoms with Gasteiger partial charge in [0.25, 0.3) is 10.0 Å². The molecule has 0 N–H and O–H groups in total. The molecule has 0 spiro atoms. The molecule has 2 aliphatic heterocycles. The summed E-state index contributed by atoms with van der Waals surface area (Å²) in [5.41, 5.74) is 2.09. The van der Waals surface area contributed by atoms with E-state index < -0.39 is 22.0 Å². The maximum absolute atomic E-state index is 13.5. The first-order valence-corrected chi connectivity index (χ1v) is 11.6. The van der Waals surface area contributed by atoms with Crippen LogP contribution in [0.2, 0.25) is 0 Å². The number of ether oxygens (including phenoxy) is 1. The van der Waals surface area contributed by atoms with Crippen LogP contribution >= 0.6 is 0 Å². The van der Waals surface area contributed by atoms with Gasteiger partial charge in [-0.05, 0) is 50.6 Å². The fourth-order valence-electron chi connectivity index (χ4n) is 4.26. The molecule has 0 aromatic heterocycles. The number of anilines is 1. The normalized spacial score (nSPS) is 20.3. The Kier molecular flexibility index (Phi) is 5.35. The molecule has 1 saturated heterocycles. The van der Waals surface area contributed by atoms with Crippen molar-refractivity contribution in [2.24, 2.45) is 5.92 Å². The summed E-state index contributed by atoms with van der Waals surface area (Å²) >= 11 is 0. The van der Waals surface area contributed by atoms with Gasteiger partial charge in [0, 0.05) is 18.0 Å². The van der Waals surface area contributed by atoms with E-state index in [2.05, 4.69) is 6.58 Å². The van der Waals surface area contributed by atoms with Gasteiger partial charge in [-0.25, -0.2) is 18.0 Å². The van der Waals surface area contributed by atoms with E-state index in [-0.39, 0.29) is 29.1 Å². The highest BCUT2D eigenvalue weighted by molar-refractivity contribution is 7.93. The Balaban J connectivity index is 1.90. The number of hydrogen-bond acceptors (Lipinski definition) is 5. The first-order chi connectivity index (χ1) is 14.8. The number of hydrogen-bond donors (Lipinski definition) is 0. The van der Waals surface area contributed by atoms with Gasteiger partial charge in [-0.1, -0.05) is 23.8 Å². The van der Waals surface area contributed by atoms with E-state index in [4.69, 9.17) is 4.74 Å². The number of rotatable bonds is 5. The molecule has 2 aromatic carbocycles. The summed E-state index contributed by atoms with van der Waals surface area (Å²) in [6, 6.07) is 10.1. The highest BCUT2D eigenvalue weighted by Gasteiger charge is 2.48. The van der Waals surface area contributed by atoms with E-state index >= 15 is 0 Å². The van der Waals surface area contributed by atoms with E-state index in [1.54, 1.807) is 36.1 Å². The summed E-state index contributed by atoms with van der Waals surface area (Å²) in [7, 11) is -4.15. The van der Waals surface area contributed by atoms with Crippen molar-refractivity contribution in [1.82, 2.24) is 4.90 Å². The molecule has 7 nitrogen and oxygen atoms in total. The second-order valence-corrected chi connectivity index (χ2v) is 9.47. The molecule has 2 amide bonds. The number of aryl methyl sites for hydroxylation is 1. The van der Waals surface area contributed by atoms with E-state index in [1.165, 1.54) is 24.3 Å². The number of benzene rings is 2. The minimum Gasteiger partial charge on any atom is -0.462 e. The molecule has 8 heteroatoms. The second-order valence-electron chi connectivity index (χ2n) is 7.69. The molecule has 0 radical (unpaired) electrons. The smallest absolute Gasteiger partial charge is 0.339 e. The zero-order chi connectivity index (χ0) is 22.3. The molecule has 4 rings (SSSR count). The fourth-order valence-corrected chi connectivity index (χ4v) is 5.69. The van der Waals surface area contributed by atoms with Crippen molar-refractivity contribution in [1.29, 1.82) is 0 Å². The minimum absolute atomic E-state index is 0.0322. The quantitative estimate of drug-likeness (QED) is 0.517. The third-order valence-corrected chi connectivity index (χ3v) is 7.50. The van der Waals surface area contributed by atoms with E-state index in [9.17, 15) is 18.0 Å². The van der Waals surface area contributed by atoms with Crippen LogP contribution in [-0.2, 0) is 14.8 Å². The average Bonchev–Trinajstić information content (AvgIpc) is 3.19. The SMILES string of the molecule is C=CC1CCN2C(=O)N(S(=O)(=O)c3ccc(C)cc3)c3ccc(C(=O)OCC)cc3C12. The number of urea groups is 1. The van der Waals surface area contributed by atoms with Crippen molar-refractivity contribution in [2.45, 2.75) is 31.2 Å². The number of carbonyl (C=O) groups is 2. The van der Waals surface area contributed by atoms with Gasteiger partial charge in [0.2, 0.25) is 0 Å². The largest absolute Gasteiger partial charge is 0.462 e. The number of carbonyl (C=O) groups excluding carboxylic acids is 2. The van der Waals surface area contributed by atoms with Gasteiger partial charge >= 0.3 is 12.0 Å². The lowest BCUT2D eigenvalue weighted by atomic mass is 9.90.